The lowest BCUT2D eigenvalue weighted by Crippen LogP contribution is -2.31. The highest BCUT2D eigenvalue weighted by Crippen LogP contribution is 2.36. The number of amides is 2. The summed E-state index contributed by atoms with van der Waals surface area (Å²) in [5.74, 6) is 1.18. The van der Waals surface area contributed by atoms with Gasteiger partial charge in [0.2, 0.25) is 0 Å². The summed E-state index contributed by atoms with van der Waals surface area (Å²) in [5.41, 5.74) is 4.57. The summed E-state index contributed by atoms with van der Waals surface area (Å²) in [6.45, 7) is 13.9. The van der Waals surface area contributed by atoms with Gasteiger partial charge in [-0.2, -0.15) is 5.10 Å². The summed E-state index contributed by atoms with van der Waals surface area (Å²) >= 11 is 0. The average molecular weight is 608 g/mol. The second-order valence-electron chi connectivity index (χ2n) is 12.2. The summed E-state index contributed by atoms with van der Waals surface area (Å²) in [7, 11) is 0. The Balaban J connectivity index is 1.59. The van der Waals surface area contributed by atoms with Crippen LogP contribution in [0.1, 0.15) is 64.5 Å². The van der Waals surface area contributed by atoms with Gasteiger partial charge in [0.15, 0.2) is 0 Å². The smallest absolute Gasteiger partial charge is 0.323 e. The molecule has 10 nitrogen and oxygen atoms in total. The Kier molecular flexibility index (Phi) is 9.61. The third-order valence-electron chi connectivity index (χ3n) is 7.60. The number of fused-ring (bicyclic) bond motifs is 1. The van der Waals surface area contributed by atoms with Gasteiger partial charge in [-0.15, -0.1) is 0 Å². The molecular weight excluding hydrogens is 566 g/mol. The van der Waals surface area contributed by atoms with Crippen molar-refractivity contribution in [1.29, 1.82) is 0 Å². The molecule has 10 heteroatoms. The van der Waals surface area contributed by atoms with E-state index in [2.05, 4.69) is 53.4 Å². The number of para-hydroxylation sites is 1. The lowest BCUT2D eigenvalue weighted by Gasteiger charge is -2.22. The maximum atomic E-state index is 14.3. The molecule has 3 aromatic heterocycles. The molecule has 2 amide bonds. The minimum absolute atomic E-state index is 0.175. The van der Waals surface area contributed by atoms with Crippen LogP contribution in [0.3, 0.4) is 0 Å². The van der Waals surface area contributed by atoms with E-state index in [9.17, 15) is 9.59 Å². The van der Waals surface area contributed by atoms with Crippen molar-refractivity contribution in [3.05, 3.63) is 94.9 Å². The molecule has 2 aromatic carbocycles. The molecule has 0 spiro atoms. The maximum Gasteiger partial charge on any atom is 0.323 e. The zero-order valence-electron chi connectivity index (χ0n) is 26.7. The Morgan fingerprint density at radius 1 is 0.911 bits per heavy atom. The lowest BCUT2D eigenvalue weighted by atomic mass is 9.93. The molecule has 0 radical (unpaired) electrons. The van der Waals surface area contributed by atoms with Crippen molar-refractivity contribution in [3.8, 4) is 16.9 Å². The first kappa shape index (κ1) is 31.4. The third kappa shape index (κ3) is 7.06. The van der Waals surface area contributed by atoms with Gasteiger partial charge in [0.1, 0.15) is 36.3 Å². The van der Waals surface area contributed by atoms with Crippen molar-refractivity contribution < 1.29 is 9.53 Å². The highest BCUT2D eigenvalue weighted by molar-refractivity contribution is 6.07. The Morgan fingerprint density at radius 2 is 1.62 bits per heavy atom. The second-order valence-corrected chi connectivity index (χ2v) is 12.2. The van der Waals surface area contributed by atoms with Crippen LogP contribution in [0.15, 0.2) is 78.2 Å². The molecule has 0 unspecified atom stereocenters. The summed E-state index contributed by atoms with van der Waals surface area (Å²) in [4.78, 5) is 36.7. The second kappa shape index (κ2) is 13.8. The molecule has 0 bridgehead atoms. The Hall–Kier alpha value is -4.99. The van der Waals surface area contributed by atoms with Crippen LogP contribution >= 0.6 is 0 Å². The Labute approximate surface area is 263 Å². The fourth-order valence-corrected chi connectivity index (χ4v) is 5.53. The van der Waals surface area contributed by atoms with Gasteiger partial charge in [-0.1, -0.05) is 71.9 Å². The monoisotopic (exact) mass is 607 g/mol. The standard InChI is InChI=1S/C35H41N7O3/c1-22(2)19-42-33-29(14-9-15-37-33)30(25-10-7-11-26(18-25)45-17-16-41-21-36-20-38-41)32(34(42)43)40-35(44)39-31-27(23(3)4)12-8-13-28(31)24(5)6/h7-15,18,20-24H,16-17,19H2,1-6H3,(H2,39,40,44). The zero-order valence-corrected chi connectivity index (χ0v) is 26.7. The van der Waals surface area contributed by atoms with Gasteiger partial charge in [0.05, 0.1) is 6.54 Å². The summed E-state index contributed by atoms with van der Waals surface area (Å²) < 4.78 is 9.39. The first-order valence-electron chi connectivity index (χ1n) is 15.4. The van der Waals surface area contributed by atoms with Crippen molar-refractivity contribution >= 4 is 28.4 Å². The highest BCUT2D eigenvalue weighted by Gasteiger charge is 2.23. The van der Waals surface area contributed by atoms with Crippen LogP contribution in [0.25, 0.3) is 22.2 Å². The van der Waals surface area contributed by atoms with Crippen LogP contribution in [0.2, 0.25) is 0 Å². The van der Waals surface area contributed by atoms with E-state index in [-0.39, 0.29) is 29.0 Å². The molecule has 234 valence electrons. The molecular formula is C35H41N7O3. The number of nitrogens with zero attached hydrogens (tertiary/aromatic N) is 5. The number of nitrogens with one attached hydrogen (secondary N) is 2. The van der Waals surface area contributed by atoms with Gasteiger partial charge < -0.3 is 15.4 Å². The summed E-state index contributed by atoms with van der Waals surface area (Å²) in [6.07, 6.45) is 4.80. The zero-order chi connectivity index (χ0) is 32.1. The number of pyridine rings is 2. The number of ether oxygens (including phenoxy) is 1. The number of rotatable bonds is 11. The number of urea groups is 1. The maximum absolute atomic E-state index is 14.3. The fourth-order valence-electron chi connectivity index (χ4n) is 5.53. The van der Waals surface area contributed by atoms with E-state index in [1.165, 1.54) is 6.33 Å². The number of hydrogen-bond donors (Lipinski definition) is 2. The van der Waals surface area contributed by atoms with Gasteiger partial charge in [0.25, 0.3) is 5.56 Å². The van der Waals surface area contributed by atoms with Gasteiger partial charge in [-0.3, -0.25) is 9.36 Å². The van der Waals surface area contributed by atoms with E-state index in [0.29, 0.717) is 36.7 Å². The first-order chi connectivity index (χ1) is 21.6. The number of carbonyl (C=O) groups is 1. The number of aromatic nitrogens is 5. The van der Waals surface area contributed by atoms with Crippen molar-refractivity contribution in [2.24, 2.45) is 5.92 Å². The van der Waals surface area contributed by atoms with Gasteiger partial charge in [-0.25, -0.2) is 19.4 Å². The van der Waals surface area contributed by atoms with Crippen LogP contribution in [0.4, 0.5) is 16.2 Å². The van der Waals surface area contributed by atoms with Crippen molar-refractivity contribution in [3.63, 3.8) is 0 Å². The molecule has 0 fully saturated rings. The highest BCUT2D eigenvalue weighted by atomic mass is 16.5. The van der Waals surface area contributed by atoms with Crippen LogP contribution in [0, 0.1) is 5.92 Å². The van der Waals surface area contributed by atoms with Gasteiger partial charge in [-0.05, 0) is 58.7 Å². The van der Waals surface area contributed by atoms with Crippen molar-refractivity contribution in [2.45, 2.75) is 66.5 Å². The van der Waals surface area contributed by atoms with E-state index >= 15 is 0 Å². The number of anilines is 2. The van der Waals surface area contributed by atoms with Crippen LogP contribution < -0.4 is 20.9 Å². The Morgan fingerprint density at radius 3 is 2.29 bits per heavy atom. The molecule has 0 saturated carbocycles. The van der Waals surface area contributed by atoms with Crippen LogP contribution in [-0.4, -0.2) is 37.0 Å². The van der Waals surface area contributed by atoms with E-state index in [1.807, 2.05) is 68.4 Å². The molecule has 0 atom stereocenters. The van der Waals surface area contributed by atoms with E-state index in [0.717, 1.165) is 27.8 Å². The van der Waals surface area contributed by atoms with Gasteiger partial charge in [0, 0.05) is 29.4 Å². The molecule has 0 saturated heterocycles. The lowest BCUT2D eigenvalue weighted by molar-refractivity contribution is 0.262. The molecule has 0 aliphatic rings. The quantitative estimate of drug-likeness (QED) is 0.163. The number of benzene rings is 2. The normalized spacial score (nSPS) is 11.5. The predicted octanol–water partition coefficient (Wildman–Crippen LogP) is 7.28. The topological polar surface area (TPSA) is 116 Å². The molecule has 5 rings (SSSR count). The number of carbonyl (C=O) groups excluding carboxylic acids is 1. The Bertz CT molecular complexity index is 1820. The summed E-state index contributed by atoms with van der Waals surface area (Å²) in [5, 5.41) is 10.9. The largest absolute Gasteiger partial charge is 0.492 e. The molecule has 0 aliphatic carbocycles. The first-order valence-corrected chi connectivity index (χ1v) is 15.4. The fraction of sp³-hybridized carbons (Fsp3) is 0.343. The van der Waals surface area contributed by atoms with E-state index in [4.69, 9.17) is 4.74 Å². The molecule has 45 heavy (non-hydrogen) atoms. The molecule has 3 heterocycles. The molecule has 0 aliphatic heterocycles. The van der Waals surface area contributed by atoms with Crippen molar-refractivity contribution in [1.82, 2.24) is 24.3 Å². The van der Waals surface area contributed by atoms with Crippen LogP contribution in [-0.2, 0) is 13.1 Å². The third-order valence-corrected chi connectivity index (χ3v) is 7.60. The minimum atomic E-state index is -0.483. The van der Waals surface area contributed by atoms with Crippen molar-refractivity contribution in [2.75, 3.05) is 17.2 Å². The molecule has 2 N–H and O–H groups in total. The predicted molar refractivity (Wildman–Crippen MR) is 179 cm³/mol. The van der Waals surface area contributed by atoms with Gasteiger partial charge >= 0.3 is 6.03 Å². The summed E-state index contributed by atoms with van der Waals surface area (Å²) in [6, 6.07) is 16.9. The molecule has 5 aromatic rings. The SMILES string of the molecule is CC(C)Cn1c(=O)c(NC(=O)Nc2c(C(C)C)cccc2C(C)C)c(-c2cccc(OCCn3cncn3)c2)c2cccnc21. The van der Waals surface area contributed by atoms with Crippen LogP contribution in [0.5, 0.6) is 5.75 Å². The average Bonchev–Trinajstić information content (AvgIpc) is 3.53. The van der Waals surface area contributed by atoms with E-state index in [1.54, 1.807) is 21.8 Å². The number of hydrogen-bond acceptors (Lipinski definition) is 6. The van der Waals surface area contributed by atoms with E-state index < -0.39 is 6.03 Å². The minimum Gasteiger partial charge on any atom is -0.492 e.